The van der Waals surface area contributed by atoms with Crippen molar-refractivity contribution < 1.29 is 9.90 Å². The molecule has 3 rings (SSSR count). The minimum Gasteiger partial charge on any atom is -0.465 e. The van der Waals surface area contributed by atoms with Gasteiger partial charge in [-0.15, -0.1) is 0 Å². The molecule has 6 nitrogen and oxygen atoms in total. The monoisotopic (exact) mass is 407 g/mol. The molecule has 7 heteroatoms. The third-order valence-electron chi connectivity index (χ3n) is 4.69. The lowest BCUT2D eigenvalue weighted by molar-refractivity contribution is 0.116. The number of hydrogen-bond donors (Lipinski definition) is 1. The van der Waals surface area contributed by atoms with Gasteiger partial charge in [-0.2, -0.15) is 0 Å². The lowest BCUT2D eigenvalue weighted by Crippen LogP contribution is -2.41. The predicted octanol–water partition coefficient (Wildman–Crippen LogP) is 3.67. The van der Waals surface area contributed by atoms with Crippen LogP contribution in [0.4, 0.5) is 4.79 Å². The molecule has 0 radical (unpaired) electrons. The largest absolute Gasteiger partial charge is 0.465 e. The van der Waals surface area contributed by atoms with Gasteiger partial charge in [0.2, 0.25) is 0 Å². The highest BCUT2D eigenvalue weighted by Gasteiger charge is 2.25. The number of rotatable bonds is 3. The van der Waals surface area contributed by atoms with E-state index in [9.17, 15) is 14.7 Å². The highest BCUT2D eigenvalue weighted by molar-refractivity contribution is 9.10. The molecule has 0 saturated carbocycles. The van der Waals surface area contributed by atoms with E-state index >= 15 is 0 Å². The molecule has 1 aromatic heterocycles. The summed E-state index contributed by atoms with van der Waals surface area (Å²) >= 11 is 3.41. The molecule has 1 N–H and O–H groups in total. The van der Waals surface area contributed by atoms with Crippen LogP contribution in [0.3, 0.4) is 0 Å². The van der Waals surface area contributed by atoms with Gasteiger partial charge in [-0.1, -0.05) is 29.8 Å². The third-order valence-corrected chi connectivity index (χ3v) is 5.19. The minimum atomic E-state index is -0.887. The number of hydrogen-bond acceptors (Lipinski definition) is 3. The van der Waals surface area contributed by atoms with E-state index in [1.165, 1.54) is 4.90 Å². The van der Waals surface area contributed by atoms with Crippen molar-refractivity contribution in [2.45, 2.75) is 39.2 Å². The van der Waals surface area contributed by atoms with Gasteiger partial charge in [-0.05, 0) is 37.0 Å². The van der Waals surface area contributed by atoms with Crippen molar-refractivity contribution in [1.29, 1.82) is 0 Å². The Morgan fingerprint density at radius 1 is 1.44 bits per heavy atom. The molecule has 1 saturated heterocycles. The standard InChI is InChI=1S/C18H22BrN3O3/c1-11(2)16-20-15-6-5-13(19)8-14(15)17(23)22(16)10-12-4-3-7-21(9-12)18(24)25/h5-6,8,11-12H,3-4,7,9-10H2,1-2H3,(H,24,25). The first-order valence-corrected chi connectivity index (χ1v) is 9.34. The molecule has 1 fully saturated rings. The molecule has 1 aliphatic rings. The summed E-state index contributed by atoms with van der Waals surface area (Å²) in [6, 6.07) is 5.54. The summed E-state index contributed by atoms with van der Waals surface area (Å²) in [6.45, 7) is 5.59. The van der Waals surface area contributed by atoms with E-state index in [0.717, 1.165) is 23.1 Å². The number of nitrogens with zero attached hydrogens (tertiary/aromatic N) is 3. The molecule has 2 heterocycles. The van der Waals surface area contributed by atoms with E-state index in [2.05, 4.69) is 15.9 Å². The summed E-state index contributed by atoms with van der Waals surface area (Å²) in [7, 11) is 0. The maximum absolute atomic E-state index is 13.1. The Labute approximate surface area is 154 Å². The van der Waals surface area contributed by atoms with E-state index in [0.29, 0.717) is 30.5 Å². The summed E-state index contributed by atoms with van der Waals surface area (Å²) in [4.78, 5) is 30.5. The van der Waals surface area contributed by atoms with Gasteiger partial charge in [0.15, 0.2) is 0 Å². The normalized spacial score (nSPS) is 18.1. The topological polar surface area (TPSA) is 75.4 Å². The zero-order valence-electron chi connectivity index (χ0n) is 14.4. The quantitative estimate of drug-likeness (QED) is 0.841. The van der Waals surface area contributed by atoms with Gasteiger partial charge < -0.3 is 10.0 Å². The van der Waals surface area contributed by atoms with Crippen LogP contribution in [-0.2, 0) is 6.54 Å². The zero-order valence-corrected chi connectivity index (χ0v) is 16.0. The fourth-order valence-electron chi connectivity index (χ4n) is 3.47. The van der Waals surface area contributed by atoms with Crippen LogP contribution >= 0.6 is 15.9 Å². The number of amides is 1. The van der Waals surface area contributed by atoms with Crippen LogP contribution in [0, 0.1) is 5.92 Å². The smallest absolute Gasteiger partial charge is 0.407 e. The average Bonchev–Trinajstić information content (AvgIpc) is 2.57. The summed E-state index contributed by atoms with van der Waals surface area (Å²) in [5.41, 5.74) is 0.645. The van der Waals surface area contributed by atoms with Crippen molar-refractivity contribution in [1.82, 2.24) is 14.5 Å². The SMILES string of the molecule is CC(C)c1nc2ccc(Br)cc2c(=O)n1CC1CCCN(C(=O)O)C1. The van der Waals surface area contributed by atoms with E-state index in [1.54, 1.807) is 10.6 Å². The summed E-state index contributed by atoms with van der Waals surface area (Å²) in [5, 5.41) is 9.82. The van der Waals surface area contributed by atoms with Crippen molar-refractivity contribution in [3.05, 3.63) is 38.9 Å². The number of benzene rings is 1. The number of fused-ring (bicyclic) bond motifs is 1. The molecule has 1 amide bonds. The van der Waals surface area contributed by atoms with E-state index < -0.39 is 6.09 Å². The van der Waals surface area contributed by atoms with E-state index in [1.807, 2.05) is 26.0 Å². The summed E-state index contributed by atoms with van der Waals surface area (Å²) < 4.78 is 2.59. The highest BCUT2D eigenvalue weighted by Crippen LogP contribution is 2.22. The van der Waals surface area contributed by atoms with Crippen molar-refractivity contribution in [2.24, 2.45) is 5.92 Å². The second kappa shape index (κ2) is 7.15. The lowest BCUT2D eigenvalue weighted by atomic mass is 9.98. The second-order valence-corrected chi connectivity index (χ2v) is 7.85. The number of carboxylic acid groups (broad SMARTS) is 1. The van der Waals surface area contributed by atoms with Gasteiger partial charge >= 0.3 is 6.09 Å². The van der Waals surface area contributed by atoms with Gasteiger partial charge in [-0.3, -0.25) is 9.36 Å². The number of halogens is 1. The van der Waals surface area contributed by atoms with Gasteiger partial charge in [0.25, 0.3) is 5.56 Å². The third kappa shape index (κ3) is 3.71. The lowest BCUT2D eigenvalue weighted by Gasteiger charge is -2.31. The average molecular weight is 408 g/mol. The van der Waals surface area contributed by atoms with Gasteiger partial charge in [0.05, 0.1) is 10.9 Å². The maximum atomic E-state index is 13.1. The first-order chi connectivity index (χ1) is 11.9. The Kier molecular flexibility index (Phi) is 5.13. The molecule has 0 aliphatic carbocycles. The number of carbonyl (C=O) groups is 1. The molecular weight excluding hydrogens is 386 g/mol. The Morgan fingerprint density at radius 3 is 2.88 bits per heavy atom. The van der Waals surface area contributed by atoms with Crippen LogP contribution in [0.25, 0.3) is 10.9 Å². The molecule has 2 aromatic rings. The number of aromatic nitrogens is 2. The van der Waals surface area contributed by atoms with Crippen molar-refractivity contribution >= 4 is 32.9 Å². The first-order valence-electron chi connectivity index (χ1n) is 8.54. The van der Waals surface area contributed by atoms with Crippen LogP contribution < -0.4 is 5.56 Å². The maximum Gasteiger partial charge on any atom is 0.407 e. The fraction of sp³-hybridized carbons (Fsp3) is 0.500. The zero-order chi connectivity index (χ0) is 18.1. The molecule has 25 heavy (non-hydrogen) atoms. The van der Waals surface area contributed by atoms with Crippen LogP contribution in [-0.4, -0.2) is 38.7 Å². The molecule has 134 valence electrons. The van der Waals surface area contributed by atoms with Crippen LogP contribution in [0.2, 0.25) is 0 Å². The van der Waals surface area contributed by atoms with Gasteiger partial charge in [0, 0.05) is 30.0 Å². The Hall–Kier alpha value is -1.89. The highest BCUT2D eigenvalue weighted by atomic mass is 79.9. The second-order valence-electron chi connectivity index (χ2n) is 6.94. The molecular formula is C18H22BrN3O3. The summed E-state index contributed by atoms with van der Waals surface area (Å²) in [6.07, 6.45) is 0.862. The predicted molar refractivity (Wildman–Crippen MR) is 100 cm³/mol. The Balaban J connectivity index is 2.02. The molecule has 1 aliphatic heterocycles. The van der Waals surface area contributed by atoms with Gasteiger partial charge in [0.1, 0.15) is 5.82 Å². The van der Waals surface area contributed by atoms with E-state index in [-0.39, 0.29) is 17.4 Å². The number of likely N-dealkylation sites (tertiary alicyclic amines) is 1. The van der Waals surface area contributed by atoms with Crippen LogP contribution in [0.5, 0.6) is 0 Å². The van der Waals surface area contributed by atoms with Crippen LogP contribution in [0.1, 0.15) is 38.4 Å². The Bertz CT molecular complexity index is 863. The van der Waals surface area contributed by atoms with Gasteiger partial charge in [-0.25, -0.2) is 9.78 Å². The first kappa shape index (κ1) is 17.9. The van der Waals surface area contributed by atoms with E-state index in [4.69, 9.17) is 4.98 Å². The molecule has 1 unspecified atom stereocenters. The molecule has 1 aromatic carbocycles. The fourth-order valence-corrected chi connectivity index (χ4v) is 3.83. The Morgan fingerprint density at radius 2 is 2.20 bits per heavy atom. The number of piperidine rings is 1. The summed E-state index contributed by atoms with van der Waals surface area (Å²) in [5.74, 6) is 0.999. The molecule has 0 spiro atoms. The van der Waals surface area contributed by atoms with Crippen molar-refractivity contribution in [3.8, 4) is 0 Å². The molecule has 1 atom stereocenters. The molecule has 0 bridgehead atoms. The van der Waals surface area contributed by atoms with Crippen LogP contribution in [0.15, 0.2) is 27.5 Å². The van der Waals surface area contributed by atoms with Crippen molar-refractivity contribution in [2.75, 3.05) is 13.1 Å². The minimum absolute atomic E-state index is 0.0533. The van der Waals surface area contributed by atoms with Crippen molar-refractivity contribution in [3.63, 3.8) is 0 Å².